The molecule has 3 rings (SSSR count). The summed E-state index contributed by atoms with van der Waals surface area (Å²) < 4.78 is 5.55. The van der Waals surface area contributed by atoms with Gasteiger partial charge in [-0.3, -0.25) is 9.69 Å². The summed E-state index contributed by atoms with van der Waals surface area (Å²) in [5.41, 5.74) is 1.10. The van der Waals surface area contributed by atoms with Crippen LogP contribution in [-0.4, -0.2) is 55.1 Å². The molecule has 2 saturated heterocycles. The second-order valence-corrected chi connectivity index (χ2v) is 8.91. The molecule has 0 aliphatic carbocycles. The van der Waals surface area contributed by atoms with Gasteiger partial charge in [-0.25, -0.2) is 0 Å². The molecule has 0 unspecified atom stereocenters. The lowest BCUT2D eigenvalue weighted by Crippen LogP contribution is -2.42. The van der Waals surface area contributed by atoms with Crippen molar-refractivity contribution < 1.29 is 9.53 Å². The van der Waals surface area contributed by atoms with Crippen molar-refractivity contribution in [3.8, 4) is 0 Å². The molecule has 0 radical (unpaired) electrons. The Balaban J connectivity index is 1.76. The fourth-order valence-corrected chi connectivity index (χ4v) is 5.32. The molecule has 25 heavy (non-hydrogen) atoms. The van der Waals surface area contributed by atoms with Crippen LogP contribution < -0.4 is 0 Å². The monoisotopic (exact) mass is 364 g/mol. The minimum absolute atomic E-state index is 0.0450. The van der Waals surface area contributed by atoms with Gasteiger partial charge in [0, 0.05) is 38.6 Å². The first-order chi connectivity index (χ1) is 12.0. The molecular weight excluding hydrogens is 332 g/mol. The van der Waals surface area contributed by atoms with Gasteiger partial charge in [0.25, 0.3) is 0 Å². The van der Waals surface area contributed by atoms with Crippen molar-refractivity contribution in [2.45, 2.75) is 40.2 Å². The van der Waals surface area contributed by atoms with E-state index >= 15 is 0 Å². The molecule has 0 aromatic carbocycles. The maximum atomic E-state index is 12.9. The standard InChI is InChI=1S/C20H32N2O2S/c1-4-24-19(23)20-7-5-8-21(11-17-6-9-25-14-17)12-18(20)13-22(15-20)10-16(2)3/h6,9,14,16,18H,4-5,7-8,10-13,15H2,1-3H3/t18-,20-/m0/s1. The van der Waals surface area contributed by atoms with E-state index in [1.807, 2.05) is 6.92 Å². The predicted molar refractivity (Wildman–Crippen MR) is 103 cm³/mol. The number of hydrogen-bond donors (Lipinski definition) is 0. The van der Waals surface area contributed by atoms with Crippen molar-refractivity contribution in [3.05, 3.63) is 22.4 Å². The molecule has 0 amide bonds. The molecular formula is C20H32N2O2S. The van der Waals surface area contributed by atoms with Crippen LogP contribution in [-0.2, 0) is 16.1 Å². The Bertz CT molecular complexity index is 560. The van der Waals surface area contributed by atoms with E-state index < -0.39 is 0 Å². The van der Waals surface area contributed by atoms with E-state index in [0.29, 0.717) is 18.4 Å². The van der Waals surface area contributed by atoms with Gasteiger partial charge < -0.3 is 9.64 Å². The first-order valence-electron chi connectivity index (χ1n) is 9.66. The van der Waals surface area contributed by atoms with Gasteiger partial charge in [-0.2, -0.15) is 11.3 Å². The summed E-state index contributed by atoms with van der Waals surface area (Å²) in [6.07, 6.45) is 2.04. The third-order valence-electron chi connectivity index (χ3n) is 5.63. The summed E-state index contributed by atoms with van der Waals surface area (Å²) in [5, 5.41) is 4.39. The number of thiophene rings is 1. The highest BCUT2D eigenvalue weighted by Crippen LogP contribution is 2.44. The quantitative estimate of drug-likeness (QED) is 0.724. The average Bonchev–Trinajstić information content (AvgIpc) is 3.12. The van der Waals surface area contributed by atoms with Crippen LogP contribution in [0.1, 0.15) is 39.2 Å². The maximum Gasteiger partial charge on any atom is 0.313 e. The molecule has 1 aromatic rings. The second-order valence-electron chi connectivity index (χ2n) is 8.13. The van der Waals surface area contributed by atoms with Crippen LogP contribution in [0.4, 0.5) is 0 Å². The van der Waals surface area contributed by atoms with E-state index in [0.717, 1.165) is 52.1 Å². The van der Waals surface area contributed by atoms with Crippen LogP contribution in [0.3, 0.4) is 0 Å². The number of likely N-dealkylation sites (tertiary alicyclic amines) is 2. The van der Waals surface area contributed by atoms with Crippen LogP contribution in [0.2, 0.25) is 0 Å². The predicted octanol–water partition coefficient (Wildman–Crippen LogP) is 3.48. The molecule has 3 heterocycles. The van der Waals surface area contributed by atoms with E-state index in [1.54, 1.807) is 11.3 Å². The number of fused-ring (bicyclic) bond motifs is 1. The van der Waals surface area contributed by atoms with Gasteiger partial charge in [-0.05, 0) is 54.6 Å². The molecule has 1 aromatic heterocycles. The summed E-state index contributed by atoms with van der Waals surface area (Å²) in [6, 6.07) is 2.22. The molecule has 0 saturated carbocycles. The Morgan fingerprint density at radius 1 is 1.40 bits per heavy atom. The highest BCUT2D eigenvalue weighted by molar-refractivity contribution is 7.07. The van der Waals surface area contributed by atoms with Crippen LogP contribution in [0.15, 0.2) is 16.8 Å². The van der Waals surface area contributed by atoms with Crippen LogP contribution >= 0.6 is 11.3 Å². The fraction of sp³-hybridized carbons (Fsp3) is 0.750. The highest BCUT2D eigenvalue weighted by Gasteiger charge is 2.53. The molecule has 5 heteroatoms. The zero-order valence-electron chi connectivity index (χ0n) is 15.9. The normalized spacial score (nSPS) is 28.1. The molecule has 2 atom stereocenters. The van der Waals surface area contributed by atoms with Gasteiger partial charge in [0.2, 0.25) is 0 Å². The van der Waals surface area contributed by atoms with Gasteiger partial charge in [0.15, 0.2) is 0 Å². The van der Waals surface area contributed by atoms with Crippen molar-refractivity contribution in [1.82, 2.24) is 9.80 Å². The molecule has 140 valence electrons. The molecule has 4 nitrogen and oxygen atoms in total. The third kappa shape index (κ3) is 4.26. The van der Waals surface area contributed by atoms with Gasteiger partial charge in [0.05, 0.1) is 12.0 Å². The minimum atomic E-state index is -0.297. The maximum absolute atomic E-state index is 12.9. The van der Waals surface area contributed by atoms with E-state index in [9.17, 15) is 4.79 Å². The molecule has 0 spiro atoms. The highest BCUT2D eigenvalue weighted by atomic mass is 32.1. The molecule has 2 fully saturated rings. The number of carbonyl (C=O) groups is 1. The van der Waals surface area contributed by atoms with Crippen molar-refractivity contribution in [1.29, 1.82) is 0 Å². The molecule has 2 aliphatic rings. The summed E-state index contributed by atoms with van der Waals surface area (Å²) in [5.74, 6) is 1.05. The third-order valence-corrected chi connectivity index (χ3v) is 6.37. The van der Waals surface area contributed by atoms with E-state index in [-0.39, 0.29) is 11.4 Å². The van der Waals surface area contributed by atoms with E-state index in [4.69, 9.17) is 4.74 Å². The lowest BCUT2D eigenvalue weighted by Gasteiger charge is -2.31. The number of hydrogen-bond acceptors (Lipinski definition) is 5. The molecule has 0 bridgehead atoms. The Morgan fingerprint density at radius 3 is 2.88 bits per heavy atom. The van der Waals surface area contributed by atoms with Crippen LogP contribution in [0.25, 0.3) is 0 Å². The van der Waals surface area contributed by atoms with Crippen molar-refractivity contribution in [3.63, 3.8) is 0 Å². The van der Waals surface area contributed by atoms with Crippen molar-refractivity contribution in [2.75, 3.05) is 39.3 Å². The first-order valence-corrected chi connectivity index (χ1v) is 10.6. The molecule has 2 aliphatic heterocycles. The number of esters is 1. The van der Waals surface area contributed by atoms with Gasteiger partial charge in [-0.1, -0.05) is 13.8 Å². The van der Waals surface area contributed by atoms with Crippen LogP contribution in [0.5, 0.6) is 0 Å². The molecule has 0 N–H and O–H groups in total. The fourth-order valence-electron chi connectivity index (χ4n) is 4.66. The topological polar surface area (TPSA) is 32.8 Å². The second kappa shape index (κ2) is 8.19. The van der Waals surface area contributed by atoms with Gasteiger partial charge in [-0.15, -0.1) is 0 Å². The number of rotatable bonds is 6. The van der Waals surface area contributed by atoms with E-state index in [1.165, 1.54) is 5.56 Å². The SMILES string of the molecule is CCOC(=O)[C@]12CCCN(Cc3ccsc3)C[C@H]1CN(CC(C)C)C2. The number of ether oxygens (including phenoxy) is 1. The van der Waals surface area contributed by atoms with Crippen molar-refractivity contribution in [2.24, 2.45) is 17.3 Å². The zero-order valence-corrected chi connectivity index (χ0v) is 16.7. The lowest BCUT2D eigenvalue weighted by molar-refractivity contribution is -0.157. The summed E-state index contributed by atoms with van der Waals surface area (Å²) in [7, 11) is 0. The minimum Gasteiger partial charge on any atom is -0.466 e. The first kappa shape index (κ1) is 18.9. The Morgan fingerprint density at radius 2 is 2.20 bits per heavy atom. The van der Waals surface area contributed by atoms with Gasteiger partial charge >= 0.3 is 5.97 Å². The summed E-state index contributed by atoms with van der Waals surface area (Å²) in [6.45, 7) is 13.0. The number of carbonyl (C=O) groups excluding carboxylic acids is 1. The zero-order chi connectivity index (χ0) is 17.9. The Hall–Kier alpha value is -0.910. The lowest BCUT2D eigenvalue weighted by atomic mass is 9.75. The summed E-state index contributed by atoms with van der Waals surface area (Å²) >= 11 is 1.76. The average molecular weight is 365 g/mol. The largest absolute Gasteiger partial charge is 0.466 e. The summed E-state index contributed by atoms with van der Waals surface area (Å²) in [4.78, 5) is 18.0. The number of nitrogens with zero attached hydrogens (tertiary/aromatic N) is 2. The van der Waals surface area contributed by atoms with Crippen LogP contribution in [0, 0.1) is 17.3 Å². The van der Waals surface area contributed by atoms with Gasteiger partial charge in [0.1, 0.15) is 0 Å². The van der Waals surface area contributed by atoms with E-state index in [2.05, 4.69) is 40.5 Å². The smallest absolute Gasteiger partial charge is 0.313 e. The van der Waals surface area contributed by atoms with Crippen molar-refractivity contribution >= 4 is 17.3 Å². The Kier molecular flexibility index (Phi) is 6.18. The Labute approximate surface area is 156 Å².